The molecule has 0 atom stereocenters. The molecule has 8 heteroatoms. The molecule has 7 nitrogen and oxygen atoms in total. The first-order valence-corrected chi connectivity index (χ1v) is 17.7. The summed E-state index contributed by atoms with van der Waals surface area (Å²) in [4.78, 5) is 11.9. The highest BCUT2D eigenvalue weighted by molar-refractivity contribution is 6.99. The maximum Gasteiger partial charge on any atom is 0.261 e. The summed E-state index contributed by atoms with van der Waals surface area (Å²) in [6.45, 7) is 11.8. The summed E-state index contributed by atoms with van der Waals surface area (Å²) >= 11 is 0. The average molecular weight is 610 g/mol. The third-order valence-electron chi connectivity index (χ3n) is 8.53. The molecule has 1 aliphatic heterocycles. The van der Waals surface area contributed by atoms with Crippen molar-refractivity contribution in [1.29, 1.82) is 0 Å². The average Bonchev–Trinajstić information content (AvgIpc) is 3.05. The molecule has 0 radical (unpaired) electrons. The van der Waals surface area contributed by atoms with Gasteiger partial charge in [-0.05, 0) is 52.5 Å². The Morgan fingerprint density at radius 3 is 2.18 bits per heavy atom. The summed E-state index contributed by atoms with van der Waals surface area (Å²) < 4.78 is 12.6. The minimum Gasteiger partial charge on any atom is -0.497 e. The van der Waals surface area contributed by atoms with E-state index in [4.69, 9.17) is 14.1 Å². The highest BCUT2D eigenvalue weighted by Crippen LogP contribution is 2.36. The van der Waals surface area contributed by atoms with Crippen LogP contribution in [-0.2, 0) is 17.5 Å². The second kappa shape index (κ2) is 14.8. The topological polar surface area (TPSA) is 71.5 Å². The van der Waals surface area contributed by atoms with Gasteiger partial charge in [-0.1, -0.05) is 100.0 Å². The van der Waals surface area contributed by atoms with Crippen molar-refractivity contribution in [2.24, 2.45) is 0 Å². The van der Waals surface area contributed by atoms with Gasteiger partial charge in [0.25, 0.3) is 8.32 Å². The highest BCUT2D eigenvalue weighted by Gasteiger charge is 2.50. The first kappa shape index (κ1) is 31.7. The third-order valence-corrected chi connectivity index (χ3v) is 13.6. The number of hydrogen-bond donors (Lipinski definition) is 2. The number of ether oxygens (including phenoxy) is 1. The molecule has 0 fully saturated rings. The van der Waals surface area contributed by atoms with Gasteiger partial charge in [-0.2, -0.15) is 0 Å². The fourth-order valence-corrected chi connectivity index (χ4v) is 10.8. The lowest BCUT2D eigenvalue weighted by molar-refractivity contribution is 0.193. The predicted molar refractivity (Wildman–Crippen MR) is 184 cm³/mol. The van der Waals surface area contributed by atoms with Crippen LogP contribution in [0.3, 0.4) is 0 Å². The summed E-state index contributed by atoms with van der Waals surface area (Å²) in [5.74, 6) is 2.64. The zero-order valence-corrected chi connectivity index (χ0v) is 27.7. The fraction of sp³-hybridized carbons (Fsp3) is 0.389. The van der Waals surface area contributed by atoms with E-state index in [0.29, 0.717) is 13.2 Å². The third kappa shape index (κ3) is 7.49. The largest absolute Gasteiger partial charge is 0.497 e. The number of hydrogen-bond acceptors (Lipinski definition) is 7. The molecule has 0 aliphatic carbocycles. The van der Waals surface area contributed by atoms with Gasteiger partial charge in [0.05, 0.1) is 12.7 Å². The number of methoxy groups -OCH3 is 1. The molecule has 44 heavy (non-hydrogen) atoms. The second-order valence-electron chi connectivity index (χ2n) is 12.5. The smallest absolute Gasteiger partial charge is 0.261 e. The molecule has 0 saturated carbocycles. The first-order chi connectivity index (χ1) is 21.4. The minimum atomic E-state index is -2.60. The van der Waals surface area contributed by atoms with Crippen LogP contribution in [0.25, 0.3) is 0 Å². The molecule has 0 spiro atoms. The van der Waals surface area contributed by atoms with Crippen LogP contribution in [0, 0.1) is 0 Å². The highest BCUT2D eigenvalue weighted by atomic mass is 28.4. The summed E-state index contributed by atoms with van der Waals surface area (Å²) in [6.07, 6.45) is 5.11. The van der Waals surface area contributed by atoms with E-state index in [9.17, 15) is 0 Å². The molecule has 1 aromatic heterocycles. The Hall–Kier alpha value is -3.72. The van der Waals surface area contributed by atoms with Crippen molar-refractivity contribution < 1.29 is 9.16 Å². The molecule has 232 valence electrons. The molecule has 2 heterocycles. The normalized spacial score (nSPS) is 14.7. The zero-order chi connectivity index (χ0) is 30.8. The predicted octanol–water partition coefficient (Wildman–Crippen LogP) is 6.07. The van der Waals surface area contributed by atoms with Gasteiger partial charge in [-0.25, -0.2) is 9.97 Å². The lowest BCUT2D eigenvalue weighted by atomic mass is 10.1. The zero-order valence-electron chi connectivity index (χ0n) is 26.7. The van der Waals surface area contributed by atoms with Gasteiger partial charge in [0.1, 0.15) is 23.7 Å². The SMILES string of the molecule is COc1ccc(CNc2ncnc3c2CN(CCO[Si](c2ccccc2)(c2ccccc2)C(C)(C)C)CCCCCN3)cc1. The molecule has 0 saturated heterocycles. The Morgan fingerprint density at radius 1 is 0.864 bits per heavy atom. The van der Waals surface area contributed by atoms with Crippen LogP contribution in [0.4, 0.5) is 11.6 Å². The van der Waals surface area contributed by atoms with E-state index in [1.54, 1.807) is 13.4 Å². The van der Waals surface area contributed by atoms with E-state index in [1.807, 2.05) is 12.1 Å². The lowest BCUT2D eigenvalue weighted by Crippen LogP contribution is -2.67. The van der Waals surface area contributed by atoms with Crippen LogP contribution in [0.2, 0.25) is 5.04 Å². The van der Waals surface area contributed by atoms with Gasteiger partial charge in [-0.15, -0.1) is 0 Å². The summed E-state index contributed by atoms with van der Waals surface area (Å²) in [6, 6.07) is 29.9. The number of fused-ring (bicyclic) bond motifs is 1. The Balaban J connectivity index is 1.38. The maximum absolute atomic E-state index is 7.26. The van der Waals surface area contributed by atoms with Crippen LogP contribution < -0.4 is 25.7 Å². The number of rotatable bonds is 10. The first-order valence-electron chi connectivity index (χ1n) is 15.8. The van der Waals surface area contributed by atoms with Gasteiger partial charge < -0.3 is 19.8 Å². The number of aromatic nitrogens is 2. The molecule has 0 bridgehead atoms. The molecule has 1 aliphatic rings. The van der Waals surface area contributed by atoms with Crippen molar-refractivity contribution in [3.63, 3.8) is 0 Å². The molecule has 5 rings (SSSR count). The Bertz CT molecular complexity index is 1410. The number of benzene rings is 3. The van der Waals surface area contributed by atoms with E-state index in [-0.39, 0.29) is 5.04 Å². The van der Waals surface area contributed by atoms with Gasteiger partial charge in [0, 0.05) is 32.8 Å². The van der Waals surface area contributed by atoms with Gasteiger partial charge in [-0.3, -0.25) is 4.90 Å². The molecule has 4 aromatic rings. The Kier molecular flexibility index (Phi) is 10.7. The molecular weight excluding hydrogens is 563 g/mol. The van der Waals surface area contributed by atoms with E-state index in [1.165, 1.54) is 22.4 Å². The summed E-state index contributed by atoms with van der Waals surface area (Å²) in [5, 5.41) is 9.76. The van der Waals surface area contributed by atoms with Crippen LogP contribution >= 0.6 is 0 Å². The number of nitrogens with zero attached hydrogens (tertiary/aromatic N) is 3. The number of nitrogens with one attached hydrogen (secondary N) is 2. The molecule has 0 unspecified atom stereocenters. The van der Waals surface area contributed by atoms with E-state index < -0.39 is 8.32 Å². The lowest BCUT2D eigenvalue weighted by Gasteiger charge is -2.43. The molecule has 2 N–H and O–H groups in total. The van der Waals surface area contributed by atoms with Gasteiger partial charge in [0.15, 0.2) is 0 Å². The van der Waals surface area contributed by atoms with Crippen LogP contribution in [-0.4, -0.2) is 56.5 Å². The monoisotopic (exact) mass is 609 g/mol. The molecule has 3 aromatic carbocycles. The van der Waals surface area contributed by atoms with E-state index in [2.05, 4.69) is 114 Å². The van der Waals surface area contributed by atoms with Crippen molar-refractivity contribution in [3.05, 3.63) is 102 Å². The fourth-order valence-electron chi connectivity index (χ4n) is 6.22. The van der Waals surface area contributed by atoms with Crippen LogP contribution in [0.1, 0.15) is 51.2 Å². The van der Waals surface area contributed by atoms with Crippen molar-refractivity contribution in [1.82, 2.24) is 14.9 Å². The van der Waals surface area contributed by atoms with Crippen molar-refractivity contribution in [2.45, 2.75) is 58.2 Å². The molecule has 0 amide bonds. The van der Waals surface area contributed by atoms with Gasteiger partial charge >= 0.3 is 0 Å². The van der Waals surface area contributed by atoms with E-state index in [0.717, 1.165) is 62.0 Å². The van der Waals surface area contributed by atoms with Crippen LogP contribution in [0.15, 0.2) is 91.3 Å². The Morgan fingerprint density at radius 2 is 1.55 bits per heavy atom. The second-order valence-corrected chi connectivity index (χ2v) is 16.8. The van der Waals surface area contributed by atoms with Crippen molar-refractivity contribution in [2.75, 3.05) is 44.0 Å². The summed E-state index contributed by atoms with van der Waals surface area (Å²) in [7, 11) is -0.909. The summed E-state index contributed by atoms with van der Waals surface area (Å²) in [5.41, 5.74) is 2.27. The van der Waals surface area contributed by atoms with Crippen molar-refractivity contribution >= 4 is 30.3 Å². The van der Waals surface area contributed by atoms with Crippen LogP contribution in [0.5, 0.6) is 5.75 Å². The quantitative estimate of drug-likeness (QED) is 0.212. The minimum absolute atomic E-state index is 0.0513. The number of anilines is 2. The van der Waals surface area contributed by atoms with Crippen molar-refractivity contribution in [3.8, 4) is 5.75 Å². The van der Waals surface area contributed by atoms with Gasteiger partial charge in [0.2, 0.25) is 0 Å². The van der Waals surface area contributed by atoms with E-state index >= 15 is 0 Å². The molecular formula is C36H47N5O2Si. The maximum atomic E-state index is 7.26. The standard InChI is InChI=1S/C36H47N5O2Si/c1-36(2,3)44(31-14-8-5-9-15-31,32-16-10-6-11-17-32)43-25-24-41-23-13-7-12-22-37-34-33(27-41)35(40-28-39-34)38-26-29-18-20-30(42-4)21-19-29/h5-6,8-11,14-21,28H,7,12-13,22-27H2,1-4H3,(H2,37,38,39,40). The Labute approximate surface area is 264 Å².